The number of nitrogens with one attached hydrogen (secondary N) is 3. The van der Waals surface area contributed by atoms with Gasteiger partial charge in [-0.15, -0.1) is 0 Å². The first-order valence-electron chi connectivity index (χ1n) is 7.03. The third-order valence-corrected chi connectivity index (χ3v) is 2.95. The predicted molar refractivity (Wildman–Crippen MR) is 78.8 cm³/mol. The number of aromatic amines is 1. The highest BCUT2D eigenvalue weighted by Crippen LogP contribution is 2.08. The standard InChI is InChI=1S/C14H19N5O3/c1-9(2)7-11(14(21)17-12-3-5-15-18-12)16-13(20)8-10-4-6-22-19-10/h3-6,9,11H,7-8H2,1-2H3,(H,16,20)(H2,15,17,18,21)/t11-/m1/s1. The van der Waals surface area contributed by atoms with Gasteiger partial charge in [-0.25, -0.2) is 0 Å². The zero-order valence-electron chi connectivity index (χ0n) is 12.5. The highest BCUT2D eigenvalue weighted by atomic mass is 16.5. The number of rotatable bonds is 7. The van der Waals surface area contributed by atoms with Gasteiger partial charge in [0.1, 0.15) is 18.1 Å². The summed E-state index contributed by atoms with van der Waals surface area (Å²) in [5, 5.41) is 15.5. The van der Waals surface area contributed by atoms with E-state index in [1.54, 1.807) is 12.1 Å². The Morgan fingerprint density at radius 1 is 1.36 bits per heavy atom. The average molecular weight is 305 g/mol. The first-order valence-corrected chi connectivity index (χ1v) is 7.03. The Kier molecular flexibility index (Phi) is 5.29. The van der Waals surface area contributed by atoms with E-state index in [4.69, 9.17) is 0 Å². The Balaban J connectivity index is 1.95. The SMILES string of the molecule is CC(C)C[C@@H](NC(=O)Cc1ccon1)C(=O)Nc1ccn[nH]1. The zero-order valence-corrected chi connectivity index (χ0v) is 12.5. The van der Waals surface area contributed by atoms with Crippen molar-refractivity contribution in [2.75, 3.05) is 5.32 Å². The van der Waals surface area contributed by atoms with Crippen molar-refractivity contribution in [1.29, 1.82) is 0 Å². The molecule has 8 heteroatoms. The van der Waals surface area contributed by atoms with E-state index in [9.17, 15) is 9.59 Å². The Morgan fingerprint density at radius 3 is 2.77 bits per heavy atom. The Morgan fingerprint density at radius 2 is 2.18 bits per heavy atom. The van der Waals surface area contributed by atoms with Gasteiger partial charge < -0.3 is 15.2 Å². The van der Waals surface area contributed by atoms with E-state index in [2.05, 4.69) is 30.5 Å². The van der Waals surface area contributed by atoms with Crippen molar-refractivity contribution in [2.24, 2.45) is 5.92 Å². The summed E-state index contributed by atoms with van der Waals surface area (Å²) < 4.78 is 4.68. The van der Waals surface area contributed by atoms with Crippen LogP contribution < -0.4 is 10.6 Å². The normalized spacial score (nSPS) is 12.1. The summed E-state index contributed by atoms with van der Waals surface area (Å²) in [7, 11) is 0. The van der Waals surface area contributed by atoms with E-state index >= 15 is 0 Å². The molecule has 2 rings (SSSR count). The molecule has 0 bridgehead atoms. The van der Waals surface area contributed by atoms with Gasteiger partial charge in [0.2, 0.25) is 11.8 Å². The highest BCUT2D eigenvalue weighted by molar-refractivity contribution is 5.96. The summed E-state index contributed by atoms with van der Waals surface area (Å²) in [5.41, 5.74) is 0.523. The summed E-state index contributed by atoms with van der Waals surface area (Å²) in [5.74, 6) is 0.181. The van der Waals surface area contributed by atoms with Crippen molar-refractivity contribution < 1.29 is 14.1 Å². The molecule has 2 aromatic heterocycles. The molecule has 118 valence electrons. The lowest BCUT2D eigenvalue weighted by molar-refractivity contribution is -0.126. The number of carbonyl (C=O) groups excluding carboxylic acids is 2. The molecule has 0 spiro atoms. The molecule has 0 aliphatic heterocycles. The number of nitrogens with zero attached hydrogens (tertiary/aromatic N) is 2. The molecule has 0 aliphatic carbocycles. The van der Waals surface area contributed by atoms with Crippen LogP contribution in [0.2, 0.25) is 0 Å². The van der Waals surface area contributed by atoms with E-state index in [-0.39, 0.29) is 24.2 Å². The first-order chi connectivity index (χ1) is 10.5. The van der Waals surface area contributed by atoms with Crippen LogP contribution >= 0.6 is 0 Å². The van der Waals surface area contributed by atoms with Crippen LogP contribution in [0.25, 0.3) is 0 Å². The molecule has 0 saturated heterocycles. The minimum Gasteiger partial charge on any atom is -0.364 e. The third kappa shape index (κ3) is 4.72. The second-order valence-corrected chi connectivity index (χ2v) is 5.38. The number of amides is 2. The van der Waals surface area contributed by atoms with Gasteiger partial charge in [0.15, 0.2) is 0 Å². The number of H-pyrrole nitrogens is 1. The Labute approximate surface area is 127 Å². The topological polar surface area (TPSA) is 113 Å². The molecule has 1 atom stereocenters. The minimum absolute atomic E-state index is 0.0719. The summed E-state index contributed by atoms with van der Waals surface area (Å²) in [4.78, 5) is 24.3. The molecule has 3 N–H and O–H groups in total. The van der Waals surface area contributed by atoms with Crippen molar-refractivity contribution in [1.82, 2.24) is 20.7 Å². The van der Waals surface area contributed by atoms with Gasteiger partial charge in [-0.1, -0.05) is 19.0 Å². The number of hydrogen-bond acceptors (Lipinski definition) is 5. The number of anilines is 1. The molecule has 0 fully saturated rings. The quantitative estimate of drug-likeness (QED) is 0.709. The zero-order chi connectivity index (χ0) is 15.9. The van der Waals surface area contributed by atoms with E-state index in [1.165, 1.54) is 12.5 Å². The van der Waals surface area contributed by atoms with Crippen molar-refractivity contribution in [2.45, 2.75) is 32.7 Å². The molecule has 0 radical (unpaired) electrons. The van der Waals surface area contributed by atoms with Crippen molar-refractivity contribution in [3.05, 3.63) is 30.3 Å². The Bertz CT molecular complexity index is 592. The lowest BCUT2D eigenvalue weighted by atomic mass is 10.0. The van der Waals surface area contributed by atoms with Crippen molar-refractivity contribution >= 4 is 17.6 Å². The number of aromatic nitrogens is 3. The molecular formula is C14H19N5O3. The van der Waals surface area contributed by atoms with Gasteiger partial charge in [-0.2, -0.15) is 5.10 Å². The van der Waals surface area contributed by atoms with Crippen LogP contribution in [-0.4, -0.2) is 33.2 Å². The van der Waals surface area contributed by atoms with Gasteiger partial charge in [0, 0.05) is 12.1 Å². The minimum atomic E-state index is -0.622. The fraction of sp³-hybridized carbons (Fsp3) is 0.429. The van der Waals surface area contributed by atoms with Gasteiger partial charge >= 0.3 is 0 Å². The van der Waals surface area contributed by atoms with Crippen molar-refractivity contribution in [3.63, 3.8) is 0 Å². The summed E-state index contributed by atoms with van der Waals surface area (Å²) in [6.45, 7) is 3.97. The largest absolute Gasteiger partial charge is 0.364 e. The monoisotopic (exact) mass is 305 g/mol. The van der Waals surface area contributed by atoms with Crippen LogP contribution in [0.5, 0.6) is 0 Å². The maximum Gasteiger partial charge on any atom is 0.248 e. The molecule has 8 nitrogen and oxygen atoms in total. The summed E-state index contributed by atoms with van der Waals surface area (Å²) in [6, 6.07) is 2.63. The average Bonchev–Trinajstić information content (AvgIpc) is 3.10. The number of hydrogen-bond donors (Lipinski definition) is 3. The van der Waals surface area contributed by atoms with E-state index in [0.29, 0.717) is 17.9 Å². The lowest BCUT2D eigenvalue weighted by Gasteiger charge is -2.19. The van der Waals surface area contributed by atoms with E-state index in [0.717, 1.165) is 0 Å². The van der Waals surface area contributed by atoms with Crippen LogP contribution in [0.1, 0.15) is 26.0 Å². The fourth-order valence-electron chi connectivity index (χ4n) is 1.99. The molecule has 0 aromatic carbocycles. The maximum atomic E-state index is 12.3. The maximum absolute atomic E-state index is 12.3. The predicted octanol–water partition coefficient (Wildman–Crippen LogP) is 1.11. The molecule has 2 heterocycles. The lowest BCUT2D eigenvalue weighted by Crippen LogP contribution is -2.45. The third-order valence-electron chi connectivity index (χ3n) is 2.95. The first kappa shape index (κ1) is 15.7. The van der Waals surface area contributed by atoms with Crippen molar-refractivity contribution in [3.8, 4) is 0 Å². The number of carbonyl (C=O) groups is 2. The fourth-order valence-corrected chi connectivity index (χ4v) is 1.99. The molecular weight excluding hydrogens is 286 g/mol. The van der Waals surface area contributed by atoms with E-state index in [1.807, 2.05) is 13.8 Å². The van der Waals surface area contributed by atoms with Crippen LogP contribution in [0, 0.1) is 5.92 Å². The molecule has 2 aromatic rings. The van der Waals surface area contributed by atoms with Gasteiger partial charge in [0.05, 0.1) is 18.3 Å². The smallest absolute Gasteiger partial charge is 0.248 e. The second kappa shape index (κ2) is 7.39. The highest BCUT2D eigenvalue weighted by Gasteiger charge is 2.22. The summed E-state index contributed by atoms with van der Waals surface area (Å²) in [6.07, 6.45) is 3.54. The molecule has 0 unspecified atom stereocenters. The molecule has 0 aliphatic rings. The molecule has 22 heavy (non-hydrogen) atoms. The Hall–Kier alpha value is -2.64. The van der Waals surface area contributed by atoms with Crippen LogP contribution in [-0.2, 0) is 16.0 Å². The summed E-state index contributed by atoms with van der Waals surface area (Å²) >= 11 is 0. The molecule has 2 amide bonds. The second-order valence-electron chi connectivity index (χ2n) is 5.38. The van der Waals surface area contributed by atoms with E-state index < -0.39 is 6.04 Å². The molecule has 0 saturated carbocycles. The van der Waals surface area contributed by atoms with Gasteiger partial charge in [0.25, 0.3) is 0 Å². The van der Waals surface area contributed by atoms with Crippen LogP contribution in [0.4, 0.5) is 5.82 Å². The van der Waals surface area contributed by atoms with Gasteiger partial charge in [-0.3, -0.25) is 14.7 Å². The van der Waals surface area contributed by atoms with Crippen LogP contribution in [0.3, 0.4) is 0 Å². The van der Waals surface area contributed by atoms with Crippen LogP contribution in [0.15, 0.2) is 29.1 Å². The van der Waals surface area contributed by atoms with Gasteiger partial charge in [-0.05, 0) is 12.3 Å².